The number of amides is 1. The summed E-state index contributed by atoms with van der Waals surface area (Å²) in [5, 5.41) is 11.3. The molecule has 7 heteroatoms. The molecule has 2 aromatic carbocycles. The van der Waals surface area contributed by atoms with E-state index >= 15 is 0 Å². The number of carbonyl (C=O) groups excluding carboxylic acids is 1. The van der Waals surface area contributed by atoms with Crippen molar-refractivity contribution < 1.29 is 13.6 Å². The molecule has 1 aromatic heterocycles. The number of aromatic nitrogens is 2. The summed E-state index contributed by atoms with van der Waals surface area (Å²) in [7, 11) is 0. The highest BCUT2D eigenvalue weighted by atomic mass is 19.2. The Hall–Kier alpha value is -3.35. The van der Waals surface area contributed by atoms with Crippen molar-refractivity contribution in [2.24, 2.45) is 0 Å². The largest absolute Gasteiger partial charge is 0.355 e. The van der Waals surface area contributed by atoms with Crippen LogP contribution < -0.4 is 10.2 Å². The van der Waals surface area contributed by atoms with Gasteiger partial charge in [-0.2, -0.15) is 0 Å². The molecule has 0 atom stereocenters. The molecular weight excluding hydrogens is 362 g/mol. The zero-order valence-corrected chi connectivity index (χ0v) is 15.0. The van der Waals surface area contributed by atoms with Gasteiger partial charge in [-0.3, -0.25) is 4.79 Å². The summed E-state index contributed by atoms with van der Waals surface area (Å²) >= 11 is 0. The molecule has 0 bridgehead atoms. The second kappa shape index (κ2) is 7.72. The molecule has 1 fully saturated rings. The van der Waals surface area contributed by atoms with E-state index in [4.69, 9.17) is 0 Å². The Bertz CT molecular complexity index is 984. The van der Waals surface area contributed by atoms with Crippen LogP contribution in [0.25, 0.3) is 11.3 Å². The fourth-order valence-electron chi connectivity index (χ4n) is 3.16. The molecule has 0 saturated carbocycles. The number of halogens is 2. The molecule has 0 aliphatic carbocycles. The van der Waals surface area contributed by atoms with Gasteiger partial charge in [-0.1, -0.05) is 12.1 Å². The molecule has 142 valence electrons. The van der Waals surface area contributed by atoms with Gasteiger partial charge in [-0.25, -0.2) is 8.78 Å². The molecule has 1 aliphatic rings. The van der Waals surface area contributed by atoms with Gasteiger partial charge in [0.2, 0.25) is 0 Å². The summed E-state index contributed by atoms with van der Waals surface area (Å²) in [4.78, 5) is 14.4. The first kappa shape index (κ1) is 18.0. The van der Waals surface area contributed by atoms with Gasteiger partial charge in [0.25, 0.3) is 5.91 Å². The number of anilines is 2. The first-order valence-electron chi connectivity index (χ1n) is 9.06. The zero-order valence-electron chi connectivity index (χ0n) is 15.0. The number of benzene rings is 2. The van der Waals surface area contributed by atoms with E-state index in [9.17, 15) is 13.6 Å². The van der Waals surface area contributed by atoms with E-state index in [0.717, 1.165) is 42.3 Å². The maximum absolute atomic E-state index is 13.3. The second-order valence-electron chi connectivity index (χ2n) is 6.63. The van der Waals surface area contributed by atoms with Crippen LogP contribution in [-0.4, -0.2) is 29.2 Å². The predicted octanol–water partition coefficient (Wildman–Crippen LogP) is 4.27. The number of hydrogen-bond donors (Lipinski definition) is 1. The molecule has 0 radical (unpaired) electrons. The average molecular weight is 380 g/mol. The van der Waals surface area contributed by atoms with Crippen LogP contribution in [0.1, 0.15) is 23.2 Å². The summed E-state index contributed by atoms with van der Waals surface area (Å²) in [5.41, 5.74) is 2.19. The number of nitrogens with one attached hydrogen (secondary N) is 1. The number of carbonyl (C=O) groups is 1. The minimum atomic E-state index is -1.06. The maximum atomic E-state index is 13.3. The first-order valence-corrected chi connectivity index (χ1v) is 9.06. The molecule has 1 amide bonds. The van der Waals surface area contributed by atoms with E-state index in [1.807, 2.05) is 24.3 Å². The Labute approximate surface area is 161 Å². The SMILES string of the molecule is O=C(Nc1ccc(-c2ccc(N3CCCC3)nn2)cc1)c1ccc(F)c(F)c1. The third-order valence-corrected chi connectivity index (χ3v) is 4.70. The van der Waals surface area contributed by atoms with E-state index in [2.05, 4.69) is 20.4 Å². The van der Waals surface area contributed by atoms with Gasteiger partial charge >= 0.3 is 0 Å². The van der Waals surface area contributed by atoms with Gasteiger partial charge in [0, 0.05) is 29.9 Å². The predicted molar refractivity (Wildman–Crippen MR) is 103 cm³/mol. The second-order valence-corrected chi connectivity index (χ2v) is 6.63. The first-order chi connectivity index (χ1) is 13.6. The van der Waals surface area contributed by atoms with Crippen LogP contribution >= 0.6 is 0 Å². The number of hydrogen-bond acceptors (Lipinski definition) is 4. The third kappa shape index (κ3) is 3.83. The van der Waals surface area contributed by atoms with Crippen molar-refractivity contribution in [2.75, 3.05) is 23.3 Å². The molecular formula is C21H18F2N4O. The van der Waals surface area contributed by atoms with Gasteiger partial charge in [-0.15, -0.1) is 10.2 Å². The van der Waals surface area contributed by atoms with E-state index < -0.39 is 17.5 Å². The van der Waals surface area contributed by atoms with Crippen molar-refractivity contribution in [3.05, 3.63) is 71.8 Å². The molecule has 0 unspecified atom stereocenters. The fourth-order valence-corrected chi connectivity index (χ4v) is 3.16. The normalized spacial score (nSPS) is 13.6. The Balaban J connectivity index is 1.44. The van der Waals surface area contributed by atoms with E-state index in [1.54, 1.807) is 12.1 Å². The average Bonchev–Trinajstić information content (AvgIpc) is 3.26. The van der Waals surface area contributed by atoms with Crippen molar-refractivity contribution in [1.29, 1.82) is 0 Å². The quantitative estimate of drug-likeness (QED) is 0.734. The highest BCUT2D eigenvalue weighted by Gasteiger charge is 2.14. The van der Waals surface area contributed by atoms with Crippen LogP contribution in [0.5, 0.6) is 0 Å². The minimum Gasteiger partial charge on any atom is -0.355 e. The molecule has 4 rings (SSSR count). The fraction of sp³-hybridized carbons (Fsp3) is 0.190. The van der Waals surface area contributed by atoms with Crippen molar-refractivity contribution in [1.82, 2.24) is 10.2 Å². The van der Waals surface area contributed by atoms with Crippen LogP contribution in [0.15, 0.2) is 54.6 Å². The van der Waals surface area contributed by atoms with Gasteiger partial charge in [0.1, 0.15) is 0 Å². The van der Waals surface area contributed by atoms with Crippen LogP contribution in [0.3, 0.4) is 0 Å². The van der Waals surface area contributed by atoms with E-state index in [0.29, 0.717) is 5.69 Å². The monoisotopic (exact) mass is 380 g/mol. The van der Waals surface area contributed by atoms with Crippen molar-refractivity contribution >= 4 is 17.4 Å². The van der Waals surface area contributed by atoms with Crippen LogP contribution in [0, 0.1) is 11.6 Å². The molecule has 28 heavy (non-hydrogen) atoms. The van der Waals surface area contributed by atoms with Gasteiger partial charge in [0.05, 0.1) is 5.69 Å². The van der Waals surface area contributed by atoms with Crippen molar-refractivity contribution in [3.63, 3.8) is 0 Å². The Morgan fingerprint density at radius 3 is 2.29 bits per heavy atom. The number of nitrogens with zero attached hydrogens (tertiary/aromatic N) is 3. The lowest BCUT2D eigenvalue weighted by molar-refractivity contribution is 0.102. The Morgan fingerprint density at radius 1 is 0.893 bits per heavy atom. The van der Waals surface area contributed by atoms with Crippen molar-refractivity contribution in [2.45, 2.75) is 12.8 Å². The lowest BCUT2D eigenvalue weighted by Crippen LogP contribution is -2.19. The molecule has 1 aliphatic heterocycles. The summed E-state index contributed by atoms with van der Waals surface area (Å²) in [6, 6.07) is 14.0. The summed E-state index contributed by atoms with van der Waals surface area (Å²) in [5.74, 6) is -1.67. The summed E-state index contributed by atoms with van der Waals surface area (Å²) in [6.07, 6.45) is 2.36. The van der Waals surface area contributed by atoms with E-state index in [1.165, 1.54) is 18.9 Å². The third-order valence-electron chi connectivity index (χ3n) is 4.70. The zero-order chi connectivity index (χ0) is 19.5. The van der Waals surface area contributed by atoms with Crippen molar-refractivity contribution in [3.8, 4) is 11.3 Å². The van der Waals surface area contributed by atoms with Crippen LogP contribution in [0.2, 0.25) is 0 Å². The molecule has 1 saturated heterocycles. The molecule has 3 aromatic rings. The van der Waals surface area contributed by atoms with Crippen LogP contribution in [0.4, 0.5) is 20.3 Å². The summed E-state index contributed by atoms with van der Waals surface area (Å²) in [6.45, 7) is 2.03. The lowest BCUT2D eigenvalue weighted by Gasteiger charge is -2.15. The highest BCUT2D eigenvalue weighted by Crippen LogP contribution is 2.22. The molecule has 1 N–H and O–H groups in total. The van der Waals surface area contributed by atoms with Crippen LogP contribution in [-0.2, 0) is 0 Å². The number of rotatable bonds is 4. The molecule has 0 spiro atoms. The van der Waals surface area contributed by atoms with Gasteiger partial charge in [0.15, 0.2) is 17.5 Å². The Morgan fingerprint density at radius 2 is 1.64 bits per heavy atom. The highest BCUT2D eigenvalue weighted by molar-refractivity contribution is 6.04. The molecule has 2 heterocycles. The maximum Gasteiger partial charge on any atom is 0.255 e. The molecule has 5 nitrogen and oxygen atoms in total. The Kier molecular flexibility index (Phi) is 4.97. The standard InChI is InChI=1S/C21H18F2N4O/c22-17-8-5-15(13-18(17)23)21(28)24-16-6-3-14(4-7-16)19-9-10-20(26-25-19)27-11-1-2-12-27/h3-10,13H,1-2,11-12H2,(H,24,28). The lowest BCUT2D eigenvalue weighted by atomic mass is 10.1. The topological polar surface area (TPSA) is 58.1 Å². The smallest absolute Gasteiger partial charge is 0.255 e. The van der Waals surface area contributed by atoms with Gasteiger partial charge < -0.3 is 10.2 Å². The van der Waals surface area contributed by atoms with E-state index in [-0.39, 0.29) is 5.56 Å². The summed E-state index contributed by atoms with van der Waals surface area (Å²) < 4.78 is 26.3. The minimum absolute atomic E-state index is 0.0475. The van der Waals surface area contributed by atoms with Gasteiger partial charge in [-0.05, 0) is 55.3 Å².